The smallest absolute Gasteiger partial charge is 0.264 e. The number of benzene rings is 3. The van der Waals surface area contributed by atoms with Gasteiger partial charge in [-0.2, -0.15) is 0 Å². The topological polar surface area (TPSA) is 105 Å². The number of halogens is 1. The van der Waals surface area contributed by atoms with Gasteiger partial charge in [-0.05, 0) is 62.2 Å². The van der Waals surface area contributed by atoms with E-state index in [2.05, 4.69) is 21.2 Å². The number of hydrogen-bond donors (Lipinski definition) is 1. The first kappa shape index (κ1) is 32.0. The van der Waals surface area contributed by atoms with Crippen molar-refractivity contribution in [1.29, 1.82) is 0 Å². The molecule has 3 aromatic rings. The summed E-state index contributed by atoms with van der Waals surface area (Å²) in [6.45, 7) is 5.06. The molecule has 3 rings (SSSR count). The molecule has 0 fully saturated rings. The first-order valence-electron chi connectivity index (χ1n) is 13.2. The van der Waals surface area contributed by atoms with E-state index in [4.69, 9.17) is 9.47 Å². The van der Waals surface area contributed by atoms with E-state index in [1.54, 1.807) is 37.3 Å². The third kappa shape index (κ3) is 8.01. The summed E-state index contributed by atoms with van der Waals surface area (Å²) < 4.78 is 40.5. The minimum atomic E-state index is -4.25. The summed E-state index contributed by atoms with van der Waals surface area (Å²) >= 11 is 3.45. The number of ether oxygens (including phenoxy) is 2. The molecule has 1 N–H and O–H groups in total. The van der Waals surface area contributed by atoms with E-state index in [9.17, 15) is 18.0 Å². The second kappa shape index (κ2) is 14.4. The van der Waals surface area contributed by atoms with Gasteiger partial charge in [0.15, 0.2) is 11.5 Å². The molecular formula is C30H36BrN3O6S. The van der Waals surface area contributed by atoms with Gasteiger partial charge < -0.3 is 19.7 Å². The quantitative estimate of drug-likeness (QED) is 0.281. The zero-order valence-corrected chi connectivity index (χ0v) is 26.2. The molecule has 0 saturated carbocycles. The van der Waals surface area contributed by atoms with Crippen molar-refractivity contribution < 1.29 is 27.5 Å². The molecule has 41 heavy (non-hydrogen) atoms. The van der Waals surface area contributed by atoms with Crippen molar-refractivity contribution in [3.63, 3.8) is 0 Å². The van der Waals surface area contributed by atoms with Gasteiger partial charge in [-0.1, -0.05) is 53.2 Å². The first-order valence-corrected chi connectivity index (χ1v) is 15.4. The molecule has 0 spiro atoms. The Hall–Kier alpha value is -3.57. The number of hydrogen-bond acceptors (Lipinski definition) is 6. The number of anilines is 1. The maximum absolute atomic E-state index is 14.0. The second-order valence-corrected chi connectivity index (χ2v) is 12.3. The summed E-state index contributed by atoms with van der Waals surface area (Å²) in [6, 6.07) is 19.1. The predicted molar refractivity (Wildman–Crippen MR) is 163 cm³/mol. The molecule has 9 nitrogen and oxygen atoms in total. The van der Waals surface area contributed by atoms with Crippen molar-refractivity contribution in [3.05, 3.63) is 82.8 Å². The SMILES string of the molecule is CCC(C)NC(=O)C(C)N(Cc1cccc(Br)c1)C(=O)CN(c1ccccc1)S(=O)(=O)c1ccc(OC)c(OC)c1. The lowest BCUT2D eigenvalue weighted by Gasteiger charge is -2.32. The summed E-state index contributed by atoms with van der Waals surface area (Å²) in [5, 5.41) is 2.93. The maximum atomic E-state index is 14.0. The lowest BCUT2D eigenvalue weighted by Crippen LogP contribution is -2.52. The van der Waals surface area contributed by atoms with Gasteiger partial charge in [0.1, 0.15) is 12.6 Å². The van der Waals surface area contributed by atoms with Crippen molar-refractivity contribution >= 4 is 43.5 Å². The Balaban J connectivity index is 2.04. The van der Waals surface area contributed by atoms with Crippen LogP contribution in [0.4, 0.5) is 5.69 Å². The minimum absolute atomic E-state index is 0.0760. The van der Waals surface area contributed by atoms with Crippen LogP contribution in [0.5, 0.6) is 11.5 Å². The van der Waals surface area contributed by atoms with Crippen LogP contribution in [-0.2, 0) is 26.2 Å². The molecule has 0 aromatic heterocycles. The summed E-state index contributed by atoms with van der Waals surface area (Å²) in [6.07, 6.45) is 0.726. The molecule has 0 bridgehead atoms. The highest BCUT2D eigenvalue weighted by molar-refractivity contribution is 9.10. The van der Waals surface area contributed by atoms with E-state index >= 15 is 0 Å². The zero-order valence-electron chi connectivity index (χ0n) is 23.8. The van der Waals surface area contributed by atoms with E-state index < -0.39 is 28.5 Å². The van der Waals surface area contributed by atoms with Crippen LogP contribution in [0.1, 0.15) is 32.8 Å². The Kier molecular flexibility index (Phi) is 11.2. The molecule has 2 atom stereocenters. The number of amides is 2. The number of methoxy groups -OCH3 is 2. The molecule has 220 valence electrons. The normalized spacial score (nSPS) is 12.6. The molecule has 0 aliphatic heterocycles. The Labute approximate surface area is 250 Å². The maximum Gasteiger partial charge on any atom is 0.264 e. The fourth-order valence-electron chi connectivity index (χ4n) is 4.11. The third-order valence-electron chi connectivity index (χ3n) is 6.68. The van der Waals surface area contributed by atoms with Crippen LogP contribution >= 0.6 is 15.9 Å². The monoisotopic (exact) mass is 645 g/mol. The van der Waals surface area contributed by atoms with Crippen molar-refractivity contribution in [1.82, 2.24) is 10.2 Å². The van der Waals surface area contributed by atoms with E-state index in [0.29, 0.717) is 11.4 Å². The molecule has 0 aliphatic rings. The summed E-state index contributed by atoms with van der Waals surface area (Å²) in [5.74, 6) is -0.254. The number of nitrogens with one attached hydrogen (secondary N) is 1. The number of rotatable bonds is 13. The number of carbonyl (C=O) groups excluding carboxylic acids is 2. The van der Waals surface area contributed by atoms with E-state index in [1.807, 2.05) is 38.1 Å². The van der Waals surface area contributed by atoms with Crippen LogP contribution in [-0.4, -0.2) is 58.0 Å². The minimum Gasteiger partial charge on any atom is -0.493 e. The summed E-state index contributed by atoms with van der Waals surface area (Å²) in [7, 11) is -1.37. The molecule has 0 radical (unpaired) electrons. The van der Waals surface area contributed by atoms with Gasteiger partial charge in [0.25, 0.3) is 10.0 Å². The van der Waals surface area contributed by atoms with Crippen LogP contribution in [0.25, 0.3) is 0 Å². The fourth-order valence-corrected chi connectivity index (χ4v) is 5.98. The fraction of sp³-hybridized carbons (Fsp3) is 0.333. The molecule has 0 saturated heterocycles. The van der Waals surface area contributed by atoms with Gasteiger partial charge in [-0.15, -0.1) is 0 Å². The van der Waals surface area contributed by atoms with Crippen molar-refractivity contribution in [2.45, 2.75) is 50.7 Å². The first-order chi connectivity index (χ1) is 19.5. The van der Waals surface area contributed by atoms with Gasteiger partial charge in [0, 0.05) is 23.1 Å². The van der Waals surface area contributed by atoms with E-state index in [1.165, 1.54) is 37.3 Å². The number of carbonyl (C=O) groups is 2. The van der Waals surface area contributed by atoms with Crippen LogP contribution < -0.4 is 19.1 Å². The van der Waals surface area contributed by atoms with Gasteiger partial charge in [0.05, 0.1) is 24.8 Å². The number of sulfonamides is 1. The highest BCUT2D eigenvalue weighted by atomic mass is 79.9. The standard InChI is InChI=1S/C30H36BrN3O6S/c1-6-21(2)32-30(36)22(3)33(19-23-11-10-12-24(31)17-23)29(35)20-34(25-13-8-7-9-14-25)41(37,38)26-15-16-27(39-4)28(18-26)40-5/h7-18,21-22H,6,19-20H2,1-5H3,(H,32,36). The van der Waals surface area contributed by atoms with Gasteiger partial charge in [0.2, 0.25) is 11.8 Å². The van der Waals surface area contributed by atoms with Gasteiger partial charge >= 0.3 is 0 Å². The molecule has 2 unspecified atom stereocenters. The summed E-state index contributed by atoms with van der Waals surface area (Å²) in [5.41, 5.74) is 1.08. The lowest BCUT2D eigenvalue weighted by molar-refractivity contribution is -0.139. The Morgan fingerprint density at radius 3 is 2.22 bits per heavy atom. The van der Waals surface area contributed by atoms with Crippen LogP contribution in [0.15, 0.2) is 82.2 Å². The van der Waals surface area contributed by atoms with Gasteiger partial charge in [-0.25, -0.2) is 8.42 Å². The molecule has 0 aliphatic carbocycles. The molecule has 11 heteroatoms. The molecule has 2 amide bonds. The zero-order chi connectivity index (χ0) is 30.2. The average molecular weight is 647 g/mol. The highest BCUT2D eigenvalue weighted by Gasteiger charge is 2.33. The summed E-state index contributed by atoms with van der Waals surface area (Å²) in [4.78, 5) is 28.5. The average Bonchev–Trinajstić information content (AvgIpc) is 2.97. The number of nitrogens with zero attached hydrogens (tertiary/aromatic N) is 2. The third-order valence-corrected chi connectivity index (χ3v) is 8.94. The Morgan fingerprint density at radius 2 is 1.61 bits per heavy atom. The van der Waals surface area contributed by atoms with Crippen molar-refractivity contribution in [2.24, 2.45) is 0 Å². The largest absolute Gasteiger partial charge is 0.493 e. The van der Waals surface area contributed by atoms with Gasteiger partial charge in [-0.3, -0.25) is 13.9 Å². The van der Waals surface area contributed by atoms with E-state index in [-0.39, 0.29) is 29.1 Å². The van der Waals surface area contributed by atoms with Crippen LogP contribution in [0.2, 0.25) is 0 Å². The lowest BCUT2D eigenvalue weighted by atomic mass is 10.1. The van der Waals surface area contributed by atoms with Crippen LogP contribution in [0, 0.1) is 0 Å². The molecule has 3 aromatic carbocycles. The van der Waals surface area contributed by atoms with Crippen LogP contribution in [0.3, 0.4) is 0 Å². The van der Waals surface area contributed by atoms with Crippen molar-refractivity contribution in [2.75, 3.05) is 25.1 Å². The van der Waals surface area contributed by atoms with Crippen molar-refractivity contribution in [3.8, 4) is 11.5 Å². The molecular weight excluding hydrogens is 610 g/mol. The van der Waals surface area contributed by atoms with E-state index in [0.717, 1.165) is 20.8 Å². The predicted octanol–water partition coefficient (Wildman–Crippen LogP) is 4.99. The highest BCUT2D eigenvalue weighted by Crippen LogP contribution is 2.32. The Bertz CT molecular complexity index is 1450. The Morgan fingerprint density at radius 1 is 0.927 bits per heavy atom. The molecule has 0 heterocycles. The second-order valence-electron chi connectivity index (χ2n) is 9.51. The number of para-hydroxylation sites is 1.